The largest absolute Gasteiger partial charge is 0.496 e. The highest BCUT2D eigenvalue weighted by molar-refractivity contribution is 5.80. The smallest absolute Gasteiger partial charge is 0.191 e. The standard InChI is InChI=1S/C20H31N3O2/c1-4-25-18-14-17(20(18)11-7-12-20)23-19(21-2)22-13-10-15-8-5-6-9-16(15)24-3/h5-6,8-9,17-18H,4,7,10-14H2,1-3H3,(H2,21,22,23). The Hall–Kier alpha value is -1.75. The summed E-state index contributed by atoms with van der Waals surface area (Å²) in [4.78, 5) is 4.40. The molecular formula is C20H31N3O2. The second kappa shape index (κ2) is 8.09. The first-order chi connectivity index (χ1) is 12.2. The minimum absolute atomic E-state index is 0.344. The predicted octanol–water partition coefficient (Wildman–Crippen LogP) is 2.75. The summed E-state index contributed by atoms with van der Waals surface area (Å²) in [6, 6.07) is 8.65. The van der Waals surface area contributed by atoms with Crippen LogP contribution in [-0.4, -0.2) is 45.4 Å². The van der Waals surface area contributed by atoms with Gasteiger partial charge in [0, 0.05) is 31.7 Å². The molecule has 25 heavy (non-hydrogen) atoms. The summed E-state index contributed by atoms with van der Waals surface area (Å²) >= 11 is 0. The summed E-state index contributed by atoms with van der Waals surface area (Å²) in [7, 11) is 3.56. The van der Waals surface area contributed by atoms with E-state index in [0.717, 1.165) is 37.7 Å². The van der Waals surface area contributed by atoms with Gasteiger partial charge in [-0.3, -0.25) is 4.99 Å². The third-order valence-corrected chi connectivity index (χ3v) is 5.85. The van der Waals surface area contributed by atoms with Gasteiger partial charge in [-0.15, -0.1) is 0 Å². The maximum Gasteiger partial charge on any atom is 0.191 e. The average molecular weight is 345 g/mol. The van der Waals surface area contributed by atoms with Gasteiger partial charge < -0.3 is 20.1 Å². The van der Waals surface area contributed by atoms with Crippen LogP contribution in [0.25, 0.3) is 0 Å². The number of para-hydroxylation sites is 1. The molecule has 2 aliphatic rings. The van der Waals surface area contributed by atoms with E-state index in [2.05, 4.69) is 28.6 Å². The Balaban J connectivity index is 1.49. The van der Waals surface area contributed by atoms with Crippen LogP contribution in [0, 0.1) is 5.41 Å². The molecule has 0 saturated heterocycles. The lowest BCUT2D eigenvalue weighted by Gasteiger charge is -2.61. The number of hydrogen-bond acceptors (Lipinski definition) is 3. The molecule has 0 aromatic heterocycles. The number of aliphatic imine (C=N–C) groups is 1. The summed E-state index contributed by atoms with van der Waals surface area (Å²) in [6.45, 7) is 3.73. The van der Waals surface area contributed by atoms with Gasteiger partial charge in [-0.25, -0.2) is 0 Å². The van der Waals surface area contributed by atoms with Crippen molar-refractivity contribution >= 4 is 5.96 Å². The molecule has 0 aliphatic heterocycles. The van der Waals surface area contributed by atoms with Gasteiger partial charge in [0.05, 0.1) is 13.2 Å². The molecule has 0 heterocycles. The monoisotopic (exact) mass is 345 g/mol. The van der Waals surface area contributed by atoms with Crippen LogP contribution in [-0.2, 0) is 11.2 Å². The number of nitrogens with one attached hydrogen (secondary N) is 2. The van der Waals surface area contributed by atoms with Crippen molar-refractivity contribution in [3.8, 4) is 5.75 Å². The molecule has 2 N–H and O–H groups in total. The lowest BCUT2D eigenvalue weighted by molar-refractivity contribution is -0.168. The van der Waals surface area contributed by atoms with E-state index in [-0.39, 0.29) is 0 Å². The zero-order chi connectivity index (χ0) is 17.7. The van der Waals surface area contributed by atoms with Crippen LogP contribution in [0.5, 0.6) is 5.75 Å². The normalized spacial score (nSPS) is 24.4. The Morgan fingerprint density at radius 1 is 1.32 bits per heavy atom. The third kappa shape index (κ3) is 3.61. The molecule has 0 bridgehead atoms. The topological polar surface area (TPSA) is 54.9 Å². The van der Waals surface area contributed by atoms with Gasteiger partial charge >= 0.3 is 0 Å². The maximum absolute atomic E-state index is 5.93. The first-order valence-electron chi connectivity index (χ1n) is 9.44. The van der Waals surface area contributed by atoms with Crippen molar-refractivity contribution < 1.29 is 9.47 Å². The number of ether oxygens (including phenoxy) is 2. The van der Waals surface area contributed by atoms with Crippen molar-refractivity contribution in [3.63, 3.8) is 0 Å². The molecule has 1 aromatic rings. The molecule has 0 radical (unpaired) electrons. The Kier molecular flexibility index (Phi) is 5.84. The van der Waals surface area contributed by atoms with Crippen molar-refractivity contribution in [2.24, 2.45) is 10.4 Å². The molecule has 2 aliphatic carbocycles. The van der Waals surface area contributed by atoms with E-state index >= 15 is 0 Å². The van der Waals surface area contributed by atoms with Crippen molar-refractivity contribution in [3.05, 3.63) is 29.8 Å². The fourth-order valence-corrected chi connectivity index (χ4v) is 4.23. The van der Waals surface area contributed by atoms with Gasteiger partial charge in [-0.05, 0) is 44.2 Å². The van der Waals surface area contributed by atoms with E-state index in [1.165, 1.54) is 24.8 Å². The molecule has 138 valence electrons. The summed E-state index contributed by atoms with van der Waals surface area (Å²) in [5.74, 6) is 1.83. The van der Waals surface area contributed by atoms with E-state index in [0.29, 0.717) is 17.6 Å². The first-order valence-corrected chi connectivity index (χ1v) is 9.44. The van der Waals surface area contributed by atoms with E-state index in [1.54, 1.807) is 7.11 Å². The summed E-state index contributed by atoms with van der Waals surface area (Å²) in [5, 5.41) is 7.07. The van der Waals surface area contributed by atoms with Gasteiger partial charge in [0.1, 0.15) is 5.75 Å². The highest BCUT2D eigenvalue weighted by atomic mass is 16.5. The van der Waals surface area contributed by atoms with Crippen LogP contribution in [0.15, 0.2) is 29.3 Å². The first kappa shape index (κ1) is 18.1. The molecule has 0 amide bonds. The molecule has 2 saturated carbocycles. The molecule has 2 unspecified atom stereocenters. The Morgan fingerprint density at radius 2 is 2.12 bits per heavy atom. The second-order valence-electron chi connectivity index (χ2n) is 7.02. The molecular weight excluding hydrogens is 314 g/mol. The van der Waals surface area contributed by atoms with E-state index in [9.17, 15) is 0 Å². The van der Waals surface area contributed by atoms with Gasteiger partial charge in [0.2, 0.25) is 0 Å². The van der Waals surface area contributed by atoms with Crippen LogP contribution < -0.4 is 15.4 Å². The third-order valence-electron chi connectivity index (χ3n) is 5.85. The molecule has 1 spiro atoms. The van der Waals surface area contributed by atoms with E-state index in [4.69, 9.17) is 9.47 Å². The van der Waals surface area contributed by atoms with Gasteiger partial charge in [0.25, 0.3) is 0 Å². The SMILES string of the molecule is CCOC1CC(NC(=NC)NCCc2ccccc2OC)C12CCC2. The molecule has 1 aromatic carbocycles. The van der Waals surface area contributed by atoms with Gasteiger partial charge in [-0.2, -0.15) is 0 Å². The predicted molar refractivity (Wildman–Crippen MR) is 101 cm³/mol. The lowest BCUT2D eigenvalue weighted by atomic mass is 9.51. The van der Waals surface area contributed by atoms with Crippen LogP contribution in [0.2, 0.25) is 0 Å². The Labute approximate surface area is 151 Å². The Bertz CT molecular complexity index is 598. The van der Waals surface area contributed by atoms with Gasteiger partial charge in [-0.1, -0.05) is 24.6 Å². The number of rotatable bonds is 7. The van der Waals surface area contributed by atoms with Crippen molar-refractivity contribution in [1.82, 2.24) is 10.6 Å². The average Bonchev–Trinajstić information content (AvgIpc) is 2.58. The zero-order valence-corrected chi connectivity index (χ0v) is 15.7. The number of benzene rings is 1. The molecule has 2 fully saturated rings. The summed E-state index contributed by atoms with van der Waals surface area (Å²) in [5.41, 5.74) is 1.56. The molecule has 5 nitrogen and oxygen atoms in total. The van der Waals surface area contributed by atoms with Crippen LogP contribution in [0.3, 0.4) is 0 Å². The Morgan fingerprint density at radius 3 is 2.76 bits per heavy atom. The number of hydrogen-bond donors (Lipinski definition) is 2. The fraction of sp³-hybridized carbons (Fsp3) is 0.650. The van der Waals surface area contributed by atoms with Crippen molar-refractivity contribution in [2.45, 2.75) is 51.2 Å². The minimum Gasteiger partial charge on any atom is -0.496 e. The second-order valence-corrected chi connectivity index (χ2v) is 7.02. The van der Waals surface area contributed by atoms with E-state index in [1.807, 2.05) is 25.2 Å². The number of guanidine groups is 1. The number of methoxy groups -OCH3 is 1. The summed E-state index contributed by atoms with van der Waals surface area (Å²) in [6.07, 6.45) is 6.28. The van der Waals surface area contributed by atoms with Crippen molar-refractivity contribution in [2.75, 3.05) is 27.3 Å². The van der Waals surface area contributed by atoms with Crippen LogP contribution >= 0.6 is 0 Å². The fourth-order valence-electron chi connectivity index (χ4n) is 4.23. The molecule has 2 atom stereocenters. The number of nitrogens with zero attached hydrogens (tertiary/aromatic N) is 1. The summed E-state index contributed by atoms with van der Waals surface area (Å²) < 4.78 is 11.3. The highest BCUT2D eigenvalue weighted by Crippen LogP contribution is 2.57. The highest BCUT2D eigenvalue weighted by Gasteiger charge is 2.59. The van der Waals surface area contributed by atoms with Crippen LogP contribution in [0.1, 0.15) is 38.2 Å². The lowest BCUT2D eigenvalue weighted by Crippen LogP contribution is -2.68. The van der Waals surface area contributed by atoms with Gasteiger partial charge in [0.15, 0.2) is 5.96 Å². The quantitative estimate of drug-likeness (QED) is 0.589. The van der Waals surface area contributed by atoms with E-state index < -0.39 is 0 Å². The van der Waals surface area contributed by atoms with Crippen molar-refractivity contribution in [1.29, 1.82) is 0 Å². The maximum atomic E-state index is 5.93. The zero-order valence-electron chi connectivity index (χ0n) is 15.7. The molecule has 3 rings (SSSR count). The molecule has 5 heteroatoms. The minimum atomic E-state index is 0.344. The van der Waals surface area contributed by atoms with Crippen LogP contribution in [0.4, 0.5) is 0 Å².